The molecule has 0 saturated heterocycles. The van der Waals surface area contributed by atoms with Crippen molar-refractivity contribution in [3.05, 3.63) is 22.6 Å². The molecule has 0 aromatic rings. The van der Waals surface area contributed by atoms with Gasteiger partial charge in [-0.1, -0.05) is 0 Å². The number of nitrogens with zero attached hydrogens (tertiary/aromatic N) is 3. The Hall–Kier alpha value is -2.53. The van der Waals surface area contributed by atoms with Gasteiger partial charge in [-0.25, -0.2) is 0 Å². The number of hydrogen-bond acceptors (Lipinski definition) is 7. The third-order valence-corrected chi connectivity index (χ3v) is 2.31. The molecule has 0 aromatic carbocycles. The summed E-state index contributed by atoms with van der Waals surface area (Å²) in [7, 11) is 0. The maximum atomic E-state index is 8.98. The zero-order chi connectivity index (χ0) is 13.8. The van der Waals surface area contributed by atoms with Gasteiger partial charge >= 0.3 is 0 Å². The molecule has 0 radical (unpaired) electrons. The molecule has 0 aliphatic carbocycles. The summed E-state index contributed by atoms with van der Waals surface area (Å²) in [5.74, 6) is -1.73. The first-order valence-electron chi connectivity index (χ1n) is 4.93. The van der Waals surface area contributed by atoms with Crippen molar-refractivity contribution in [2.24, 2.45) is 5.73 Å². The Balaban J connectivity index is 3.37. The summed E-state index contributed by atoms with van der Waals surface area (Å²) in [6.45, 7) is 1.06. The van der Waals surface area contributed by atoms with Crippen LogP contribution in [0.1, 0.15) is 6.92 Å². The van der Waals surface area contributed by atoms with E-state index in [2.05, 4.69) is 0 Å². The molecule has 3 N–H and O–H groups in total. The minimum atomic E-state index is -1.52. The van der Waals surface area contributed by atoms with Crippen molar-refractivity contribution in [3.63, 3.8) is 0 Å². The topological polar surface area (TPSA) is 136 Å². The average molecular weight is 246 g/mol. The van der Waals surface area contributed by atoms with E-state index in [0.717, 1.165) is 0 Å². The highest BCUT2D eigenvalue weighted by Gasteiger charge is 2.45. The van der Waals surface area contributed by atoms with E-state index >= 15 is 0 Å². The lowest BCUT2D eigenvalue weighted by Gasteiger charge is -2.26. The zero-order valence-corrected chi connectivity index (χ0v) is 9.60. The summed E-state index contributed by atoms with van der Waals surface area (Å²) >= 11 is 0. The molecular weight excluding hydrogens is 236 g/mol. The van der Waals surface area contributed by atoms with Gasteiger partial charge < -0.3 is 20.3 Å². The van der Waals surface area contributed by atoms with Gasteiger partial charge in [0.1, 0.15) is 29.4 Å². The summed E-state index contributed by atoms with van der Waals surface area (Å²) in [6.07, 6.45) is 0. The number of allylic oxidation sites excluding steroid dienone is 1. The van der Waals surface area contributed by atoms with Crippen molar-refractivity contribution >= 4 is 0 Å². The van der Waals surface area contributed by atoms with Crippen molar-refractivity contribution in [1.82, 2.24) is 0 Å². The van der Waals surface area contributed by atoms with Crippen molar-refractivity contribution < 1.29 is 14.6 Å². The molecule has 7 heteroatoms. The van der Waals surface area contributed by atoms with Crippen molar-refractivity contribution in [3.8, 4) is 18.2 Å². The Kier molecular flexibility index (Phi) is 3.91. The fraction of sp³-hybridized carbons (Fsp3) is 0.364. The number of aliphatic hydroxyl groups is 1. The molecule has 1 aliphatic rings. The molecule has 92 valence electrons. The molecule has 1 atom stereocenters. The van der Waals surface area contributed by atoms with E-state index in [-0.39, 0.29) is 35.8 Å². The van der Waals surface area contributed by atoms with Crippen molar-refractivity contribution in [2.45, 2.75) is 12.7 Å². The Morgan fingerprint density at radius 3 is 2.50 bits per heavy atom. The number of nitriles is 3. The standard InChI is InChI=1S/C11H10N4O3/c1-11(17-3-2-16)9(7(4-12)5-13)8(6-14)10(15)18-11/h16H,2-3,15H2,1H3. The minimum Gasteiger partial charge on any atom is -0.442 e. The molecule has 0 fully saturated rings. The SMILES string of the molecule is CC1(OCCO)OC(N)=C(C#N)C1=C(C#N)C#N. The maximum absolute atomic E-state index is 8.98. The van der Waals surface area contributed by atoms with Crippen molar-refractivity contribution in [2.75, 3.05) is 13.2 Å². The quantitative estimate of drug-likeness (QED) is 0.656. The van der Waals surface area contributed by atoms with Crippen LogP contribution in [0.15, 0.2) is 22.6 Å². The van der Waals surface area contributed by atoms with Gasteiger partial charge in [0.25, 0.3) is 0 Å². The fourth-order valence-corrected chi connectivity index (χ4v) is 1.60. The minimum absolute atomic E-state index is 0.0130. The molecule has 0 saturated carbocycles. The van der Waals surface area contributed by atoms with Gasteiger partial charge in [0, 0.05) is 6.92 Å². The molecule has 0 aromatic heterocycles. The van der Waals surface area contributed by atoms with E-state index in [1.54, 1.807) is 18.2 Å². The molecule has 0 bridgehead atoms. The fourth-order valence-electron chi connectivity index (χ4n) is 1.60. The Morgan fingerprint density at radius 1 is 1.44 bits per heavy atom. The van der Waals surface area contributed by atoms with Gasteiger partial charge in [0.05, 0.1) is 18.8 Å². The largest absolute Gasteiger partial charge is 0.442 e. The zero-order valence-electron chi connectivity index (χ0n) is 9.60. The van der Waals surface area contributed by atoms with Gasteiger partial charge in [-0.15, -0.1) is 0 Å². The van der Waals surface area contributed by atoms with Gasteiger partial charge in [0.15, 0.2) is 0 Å². The van der Waals surface area contributed by atoms with Crippen LogP contribution in [0.4, 0.5) is 0 Å². The normalized spacial score (nSPS) is 21.8. The van der Waals surface area contributed by atoms with Crippen LogP contribution in [0.2, 0.25) is 0 Å². The van der Waals surface area contributed by atoms with Gasteiger partial charge in [-0.3, -0.25) is 0 Å². The lowest BCUT2D eigenvalue weighted by Crippen LogP contribution is -2.33. The highest BCUT2D eigenvalue weighted by Crippen LogP contribution is 2.39. The molecule has 0 amide bonds. The Bertz CT molecular complexity index is 528. The first-order chi connectivity index (χ1) is 8.53. The van der Waals surface area contributed by atoms with Crippen LogP contribution in [0, 0.1) is 34.0 Å². The number of aliphatic hydroxyl groups excluding tert-OH is 1. The van der Waals surface area contributed by atoms with Crippen LogP contribution in [-0.4, -0.2) is 24.1 Å². The lowest BCUT2D eigenvalue weighted by molar-refractivity contribution is -0.170. The van der Waals surface area contributed by atoms with Gasteiger partial charge in [-0.2, -0.15) is 15.8 Å². The second-order valence-electron chi connectivity index (χ2n) is 3.44. The van der Waals surface area contributed by atoms with E-state index in [1.807, 2.05) is 0 Å². The van der Waals surface area contributed by atoms with E-state index in [4.69, 9.17) is 36.1 Å². The number of ether oxygens (including phenoxy) is 2. The summed E-state index contributed by atoms with van der Waals surface area (Å²) in [4.78, 5) is 0. The molecule has 1 unspecified atom stereocenters. The predicted molar refractivity (Wildman–Crippen MR) is 57.6 cm³/mol. The van der Waals surface area contributed by atoms with Gasteiger partial charge in [0.2, 0.25) is 11.7 Å². The van der Waals surface area contributed by atoms with E-state index in [9.17, 15) is 0 Å². The van der Waals surface area contributed by atoms with E-state index in [1.165, 1.54) is 6.92 Å². The average Bonchev–Trinajstić information content (AvgIpc) is 2.61. The molecule has 18 heavy (non-hydrogen) atoms. The monoisotopic (exact) mass is 246 g/mol. The van der Waals surface area contributed by atoms with Crippen LogP contribution < -0.4 is 5.73 Å². The summed E-state index contributed by atoms with van der Waals surface area (Å²) in [5.41, 5.74) is 5.09. The second-order valence-corrected chi connectivity index (χ2v) is 3.44. The van der Waals surface area contributed by atoms with Crippen LogP contribution in [0.3, 0.4) is 0 Å². The Labute approximate surface area is 104 Å². The van der Waals surface area contributed by atoms with Gasteiger partial charge in [-0.05, 0) is 0 Å². The lowest BCUT2D eigenvalue weighted by atomic mass is 9.97. The predicted octanol–water partition coefficient (Wildman–Crippen LogP) is -0.221. The summed E-state index contributed by atoms with van der Waals surface area (Å²) in [6, 6.07) is 5.10. The number of rotatable bonds is 3. The highest BCUT2D eigenvalue weighted by molar-refractivity contribution is 5.59. The summed E-state index contributed by atoms with van der Waals surface area (Å²) in [5, 5.41) is 35.5. The molecule has 1 aliphatic heterocycles. The van der Waals surface area contributed by atoms with Crippen LogP contribution in [-0.2, 0) is 9.47 Å². The highest BCUT2D eigenvalue weighted by atomic mass is 16.7. The molecule has 1 heterocycles. The Morgan fingerprint density at radius 2 is 2.06 bits per heavy atom. The first kappa shape index (κ1) is 13.5. The first-order valence-corrected chi connectivity index (χ1v) is 4.93. The van der Waals surface area contributed by atoms with E-state index in [0.29, 0.717) is 0 Å². The van der Waals surface area contributed by atoms with Crippen LogP contribution >= 0.6 is 0 Å². The van der Waals surface area contributed by atoms with Crippen LogP contribution in [0.25, 0.3) is 0 Å². The molecular formula is C11H10N4O3. The van der Waals surface area contributed by atoms with E-state index < -0.39 is 5.79 Å². The second kappa shape index (κ2) is 5.20. The molecule has 0 spiro atoms. The molecule has 7 nitrogen and oxygen atoms in total. The number of nitrogens with two attached hydrogens (primary N) is 1. The van der Waals surface area contributed by atoms with Crippen molar-refractivity contribution in [1.29, 1.82) is 15.8 Å². The van der Waals surface area contributed by atoms with Crippen LogP contribution in [0.5, 0.6) is 0 Å². The summed E-state index contributed by atoms with van der Waals surface area (Å²) < 4.78 is 10.4. The third kappa shape index (κ3) is 2.11. The number of hydrogen-bond donors (Lipinski definition) is 2. The maximum Gasteiger partial charge on any atom is 0.239 e. The third-order valence-electron chi connectivity index (χ3n) is 2.31. The smallest absolute Gasteiger partial charge is 0.239 e. The molecule has 1 rings (SSSR count).